The molecule has 0 unspecified atom stereocenters. The number of likely N-dealkylation sites (N-methyl/N-ethyl adjacent to an activating group) is 2. The zero-order valence-electron chi connectivity index (χ0n) is 16.6. The third-order valence-corrected chi connectivity index (χ3v) is 5.20. The van der Waals surface area contributed by atoms with Crippen LogP contribution in [0.4, 0.5) is 16.2 Å². The van der Waals surface area contributed by atoms with Gasteiger partial charge in [0.1, 0.15) is 0 Å². The number of carbonyl (C=O) groups is 3. The van der Waals surface area contributed by atoms with E-state index in [1.54, 1.807) is 0 Å². The number of carboxylic acids is 2. The highest BCUT2D eigenvalue weighted by molar-refractivity contribution is 6.27. The van der Waals surface area contributed by atoms with E-state index in [1.807, 2.05) is 13.0 Å². The van der Waals surface area contributed by atoms with Crippen molar-refractivity contribution < 1.29 is 29.3 Å². The first-order valence-electron chi connectivity index (χ1n) is 9.09. The number of carboxylic acid groups (broad SMARTS) is 2. The highest BCUT2D eigenvalue weighted by Gasteiger charge is 2.52. The maximum atomic E-state index is 11.7. The molecule has 2 atom stereocenters. The van der Waals surface area contributed by atoms with E-state index in [2.05, 4.69) is 48.3 Å². The van der Waals surface area contributed by atoms with Gasteiger partial charge >= 0.3 is 18.0 Å². The molecule has 0 spiro atoms. The fraction of sp³-hybridized carbons (Fsp3) is 0.526. The Hall–Kier alpha value is -2.81. The Balaban J connectivity index is 0.000000409. The Kier molecular flexibility index (Phi) is 6.50. The molecule has 1 saturated heterocycles. The normalized spacial score (nSPS) is 22.6. The van der Waals surface area contributed by atoms with Crippen molar-refractivity contribution >= 4 is 29.4 Å². The number of fused-ring (bicyclic) bond motifs is 3. The molecule has 0 aromatic heterocycles. The van der Waals surface area contributed by atoms with Gasteiger partial charge in [-0.15, -0.1) is 0 Å². The Morgan fingerprint density at radius 1 is 1.25 bits per heavy atom. The molecule has 2 aliphatic rings. The van der Waals surface area contributed by atoms with Crippen LogP contribution in [0, 0.1) is 0 Å². The van der Waals surface area contributed by atoms with E-state index in [4.69, 9.17) is 24.5 Å². The summed E-state index contributed by atoms with van der Waals surface area (Å²) in [4.78, 5) is 34.7. The minimum Gasteiger partial charge on any atom is -0.473 e. The molecule has 154 valence electrons. The smallest absolute Gasteiger partial charge is 0.414 e. The first-order chi connectivity index (χ1) is 13.1. The average molecular weight is 393 g/mol. The Labute approximate surface area is 163 Å². The summed E-state index contributed by atoms with van der Waals surface area (Å²) in [5.41, 5.74) is 3.50. The van der Waals surface area contributed by atoms with Crippen molar-refractivity contribution in [2.45, 2.75) is 38.3 Å². The third kappa shape index (κ3) is 4.19. The summed E-state index contributed by atoms with van der Waals surface area (Å²) in [5.74, 6) is -3.65. The van der Waals surface area contributed by atoms with E-state index >= 15 is 0 Å². The predicted octanol–water partition coefficient (Wildman–Crippen LogP) is 2.17. The topological polar surface area (TPSA) is 119 Å². The maximum Gasteiger partial charge on any atom is 0.414 e. The molecule has 9 heteroatoms. The maximum absolute atomic E-state index is 11.7. The summed E-state index contributed by atoms with van der Waals surface area (Å²) in [5, 5.41) is 17.6. The molecule has 28 heavy (non-hydrogen) atoms. The fourth-order valence-corrected chi connectivity index (χ4v) is 4.00. The van der Waals surface area contributed by atoms with Crippen molar-refractivity contribution in [1.29, 1.82) is 0 Å². The molecule has 3 N–H and O–H groups in total. The standard InChI is InChI=1S/C17H25N3O2.C2H2O4/c1-5-10-22-16(21)18-12-6-7-14-13(11-12)17(2)8-9-19(3)15(17)20(14)4;3-1(4)2(5)6/h6-7,11,15H,5,8-10H2,1-4H3,(H,18,21);(H,3,4)(H,5,6)/t15-,17+;/m0./s1. The number of amides is 1. The number of rotatable bonds is 3. The number of hydrogen-bond donors (Lipinski definition) is 3. The second-order valence-electron chi connectivity index (χ2n) is 7.24. The zero-order valence-corrected chi connectivity index (χ0v) is 16.6. The molecule has 2 heterocycles. The van der Waals surface area contributed by atoms with Crippen LogP contribution in [0.5, 0.6) is 0 Å². The summed E-state index contributed by atoms with van der Waals surface area (Å²) in [6.45, 7) is 5.85. The van der Waals surface area contributed by atoms with Gasteiger partial charge in [0.2, 0.25) is 0 Å². The van der Waals surface area contributed by atoms with Crippen LogP contribution in [0.25, 0.3) is 0 Å². The number of likely N-dealkylation sites (tertiary alicyclic amines) is 1. The Bertz CT molecular complexity index is 756. The lowest BCUT2D eigenvalue weighted by atomic mass is 9.81. The van der Waals surface area contributed by atoms with E-state index in [0.717, 1.165) is 25.1 Å². The minimum atomic E-state index is -1.82. The SMILES string of the molecule is CCCOC(=O)Nc1ccc2c(c1)[C@@]1(C)CCN(C)[C@H]1N2C.O=C(O)C(=O)O. The Morgan fingerprint density at radius 3 is 2.46 bits per heavy atom. The van der Waals surface area contributed by atoms with Crippen LogP contribution < -0.4 is 10.2 Å². The number of aliphatic carboxylic acids is 2. The van der Waals surface area contributed by atoms with Gasteiger partial charge < -0.3 is 19.8 Å². The van der Waals surface area contributed by atoms with Crippen LogP contribution in [-0.4, -0.2) is 66.6 Å². The van der Waals surface area contributed by atoms with Crippen LogP contribution in [0.15, 0.2) is 18.2 Å². The molecular formula is C19H27N3O6. The molecule has 2 aliphatic heterocycles. The monoisotopic (exact) mass is 393 g/mol. The van der Waals surface area contributed by atoms with Gasteiger partial charge in [-0.05, 0) is 43.7 Å². The van der Waals surface area contributed by atoms with Gasteiger partial charge in [0.25, 0.3) is 0 Å². The second-order valence-corrected chi connectivity index (χ2v) is 7.24. The van der Waals surface area contributed by atoms with E-state index in [0.29, 0.717) is 12.8 Å². The van der Waals surface area contributed by atoms with Crippen LogP contribution >= 0.6 is 0 Å². The lowest BCUT2D eigenvalue weighted by molar-refractivity contribution is -0.159. The van der Waals surface area contributed by atoms with Crippen molar-refractivity contribution in [3.05, 3.63) is 23.8 Å². The third-order valence-electron chi connectivity index (χ3n) is 5.20. The van der Waals surface area contributed by atoms with Crippen LogP contribution in [-0.2, 0) is 19.7 Å². The number of anilines is 2. The number of nitrogens with one attached hydrogen (secondary N) is 1. The van der Waals surface area contributed by atoms with Gasteiger partial charge in [0, 0.05) is 30.4 Å². The van der Waals surface area contributed by atoms with Crippen molar-refractivity contribution in [1.82, 2.24) is 4.90 Å². The predicted molar refractivity (Wildman–Crippen MR) is 104 cm³/mol. The van der Waals surface area contributed by atoms with E-state index < -0.39 is 11.9 Å². The fourth-order valence-electron chi connectivity index (χ4n) is 4.00. The van der Waals surface area contributed by atoms with Gasteiger partial charge in [-0.25, -0.2) is 14.4 Å². The number of nitrogens with zero attached hydrogens (tertiary/aromatic N) is 2. The van der Waals surface area contributed by atoms with E-state index in [-0.39, 0.29) is 11.5 Å². The molecular weight excluding hydrogens is 366 g/mol. The van der Waals surface area contributed by atoms with E-state index in [9.17, 15) is 4.79 Å². The van der Waals surface area contributed by atoms with Crippen molar-refractivity contribution in [2.75, 3.05) is 37.5 Å². The summed E-state index contributed by atoms with van der Waals surface area (Å²) in [6, 6.07) is 6.16. The molecule has 1 amide bonds. The van der Waals surface area contributed by atoms with Gasteiger partial charge in [0.15, 0.2) is 0 Å². The molecule has 9 nitrogen and oxygen atoms in total. The lowest BCUT2D eigenvalue weighted by Crippen LogP contribution is -2.45. The lowest BCUT2D eigenvalue weighted by Gasteiger charge is -2.32. The van der Waals surface area contributed by atoms with Crippen molar-refractivity contribution in [3.8, 4) is 0 Å². The molecule has 3 rings (SSSR count). The molecule has 0 saturated carbocycles. The molecule has 0 aliphatic carbocycles. The highest BCUT2D eigenvalue weighted by Crippen LogP contribution is 2.51. The molecule has 1 fully saturated rings. The van der Waals surface area contributed by atoms with Gasteiger partial charge in [-0.1, -0.05) is 13.8 Å². The van der Waals surface area contributed by atoms with Gasteiger partial charge in [-0.3, -0.25) is 10.2 Å². The number of carbonyl (C=O) groups excluding carboxylic acids is 1. The summed E-state index contributed by atoms with van der Waals surface area (Å²) >= 11 is 0. The summed E-state index contributed by atoms with van der Waals surface area (Å²) in [7, 11) is 4.33. The first-order valence-corrected chi connectivity index (χ1v) is 9.09. The van der Waals surface area contributed by atoms with Crippen LogP contribution in [0.3, 0.4) is 0 Å². The number of benzene rings is 1. The number of hydrogen-bond acceptors (Lipinski definition) is 6. The zero-order chi connectivity index (χ0) is 21.1. The molecule has 0 radical (unpaired) electrons. The molecule has 1 aromatic carbocycles. The molecule has 0 bridgehead atoms. The first kappa shape index (κ1) is 21.5. The van der Waals surface area contributed by atoms with Crippen LogP contribution in [0.2, 0.25) is 0 Å². The molecule has 1 aromatic rings. The van der Waals surface area contributed by atoms with E-state index in [1.165, 1.54) is 11.3 Å². The summed E-state index contributed by atoms with van der Waals surface area (Å²) < 4.78 is 5.10. The minimum absolute atomic E-state index is 0.115. The van der Waals surface area contributed by atoms with Crippen molar-refractivity contribution in [2.24, 2.45) is 0 Å². The average Bonchev–Trinajstić information content (AvgIpc) is 3.06. The Morgan fingerprint density at radius 2 is 1.89 bits per heavy atom. The van der Waals surface area contributed by atoms with Crippen molar-refractivity contribution in [3.63, 3.8) is 0 Å². The van der Waals surface area contributed by atoms with Gasteiger partial charge in [0.05, 0.1) is 12.8 Å². The van der Waals surface area contributed by atoms with Crippen LogP contribution in [0.1, 0.15) is 32.3 Å². The summed E-state index contributed by atoms with van der Waals surface area (Å²) in [6.07, 6.45) is 1.98. The number of ether oxygens (including phenoxy) is 1. The highest BCUT2D eigenvalue weighted by atomic mass is 16.5. The van der Waals surface area contributed by atoms with Gasteiger partial charge in [-0.2, -0.15) is 0 Å². The largest absolute Gasteiger partial charge is 0.473 e. The second kappa shape index (κ2) is 8.47. The quantitative estimate of drug-likeness (QED) is 0.669.